The summed E-state index contributed by atoms with van der Waals surface area (Å²) < 4.78 is 5.70. The third kappa shape index (κ3) is 3.70. The quantitative estimate of drug-likeness (QED) is 0.581. The van der Waals surface area contributed by atoms with E-state index in [0.717, 1.165) is 22.1 Å². The first kappa shape index (κ1) is 16.2. The largest absolute Gasteiger partial charge is 0.491 e. The standard InChI is InChI=1S/C20H18N4O2/c25-18(13-24-22-20(21-23-24)16-7-2-1-3-8-16)14-26-19-11-10-15-6-4-5-9-17(15)12-19/h1-12,18,25H,13-14H2. The maximum Gasteiger partial charge on any atom is 0.204 e. The summed E-state index contributed by atoms with van der Waals surface area (Å²) in [5.41, 5.74) is 0.889. The van der Waals surface area contributed by atoms with Crippen LogP contribution in [-0.4, -0.2) is 38.0 Å². The van der Waals surface area contributed by atoms with Crippen LogP contribution in [0.15, 0.2) is 72.8 Å². The highest BCUT2D eigenvalue weighted by molar-refractivity contribution is 5.83. The fourth-order valence-electron chi connectivity index (χ4n) is 2.71. The molecule has 0 fully saturated rings. The summed E-state index contributed by atoms with van der Waals surface area (Å²) in [7, 11) is 0. The average molecular weight is 346 g/mol. The first-order valence-corrected chi connectivity index (χ1v) is 8.41. The molecule has 0 aliphatic rings. The molecule has 4 aromatic rings. The maximum atomic E-state index is 10.2. The first-order chi connectivity index (χ1) is 12.8. The van der Waals surface area contributed by atoms with Gasteiger partial charge >= 0.3 is 0 Å². The SMILES string of the molecule is OC(COc1ccc2ccccc2c1)Cn1nnc(-c2ccccc2)n1. The van der Waals surface area contributed by atoms with Gasteiger partial charge in [-0.3, -0.25) is 0 Å². The first-order valence-electron chi connectivity index (χ1n) is 8.41. The Morgan fingerprint density at radius 3 is 2.54 bits per heavy atom. The number of tetrazole rings is 1. The molecular weight excluding hydrogens is 328 g/mol. The van der Waals surface area contributed by atoms with Gasteiger partial charge in [0.15, 0.2) is 0 Å². The van der Waals surface area contributed by atoms with Gasteiger partial charge in [-0.15, -0.1) is 10.2 Å². The Labute approximate surface area is 150 Å². The highest BCUT2D eigenvalue weighted by Crippen LogP contribution is 2.20. The van der Waals surface area contributed by atoms with Gasteiger partial charge in [0, 0.05) is 5.56 Å². The van der Waals surface area contributed by atoms with Crippen LogP contribution in [0.5, 0.6) is 5.75 Å². The van der Waals surface area contributed by atoms with E-state index >= 15 is 0 Å². The van der Waals surface area contributed by atoms with Crippen molar-refractivity contribution in [2.75, 3.05) is 6.61 Å². The van der Waals surface area contributed by atoms with E-state index in [1.165, 1.54) is 4.80 Å². The van der Waals surface area contributed by atoms with Crippen molar-refractivity contribution < 1.29 is 9.84 Å². The van der Waals surface area contributed by atoms with Gasteiger partial charge in [0.2, 0.25) is 5.82 Å². The van der Waals surface area contributed by atoms with Gasteiger partial charge in [-0.1, -0.05) is 60.7 Å². The van der Waals surface area contributed by atoms with Gasteiger partial charge in [0.1, 0.15) is 18.5 Å². The van der Waals surface area contributed by atoms with Gasteiger partial charge in [0.25, 0.3) is 0 Å². The molecule has 1 aromatic heterocycles. The van der Waals surface area contributed by atoms with E-state index in [1.807, 2.05) is 66.7 Å². The fourth-order valence-corrected chi connectivity index (χ4v) is 2.71. The zero-order valence-corrected chi connectivity index (χ0v) is 14.1. The second-order valence-electron chi connectivity index (χ2n) is 6.01. The second kappa shape index (κ2) is 7.33. The predicted molar refractivity (Wildman–Crippen MR) is 98.7 cm³/mol. The summed E-state index contributed by atoms with van der Waals surface area (Å²) in [6.45, 7) is 0.369. The lowest BCUT2D eigenvalue weighted by atomic mass is 10.1. The lowest BCUT2D eigenvalue weighted by Gasteiger charge is -2.12. The molecule has 6 heteroatoms. The van der Waals surface area contributed by atoms with Crippen molar-refractivity contribution in [3.63, 3.8) is 0 Å². The molecule has 130 valence electrons. The minimum Gasteiger partial charge on any atom is -0.491 e. The van der Waals surface area contributed by atoms with Gasteiger partial charge < -0.3 is 9.84 Å². The number of hydrogen-bond acceptors (Lipinski definition) is 5. The van der Waals surface area contributed by atoms with E-state index in [4.69, 9.17) is 4.74 Å². The smallest absolute Gasteiger partial charge is 0.204 e. The summed E-state index contributed by atoms with van der Waals surface area (Å²) in [4.78, 5) is 1.39. The number of aromatic nitrogens is 4. The minimum atomic E-state index is -0.737. The number of fused-ring (bicyclic) bond motifs is 1. The minimum absolute atomic E-state index is 0.153. The van der Waals surface area contributed by atoms with Crippen molar-refractivity contribution in [1.82, 2.24) is 20.2 Å². The molecule has 0 amide bonds. The second-order valence-corrected chi connectivity index (χ2v) is 6.01. The molecule has 3 aromatic carbocycles. The van der Waals surface area contributed by atoms with Gasteiger partial charge in [0.05, 0.1) is 6.54 Å². The molecule has 1 atom stereocenters. The van der Waals surface area contributed by atoms with Crippen LogP contribution in [0.3, 0.4) is 0 Å². The Balaban J connectivity index is 1.36. The molecule has 0 saturated heterocycles. The highest BCUT2D eigenvalue weighted by Gasteiger charge is 2.11. The molecule has 1 N–H and O–H groups in total. The van der Waals surface area contributed by atoms with Gasteiger partial charge in [-0.2, -0.15) is 4.80 Å². The van der Waals surface area contributed by atoms with E-state index < -0.39 is 6.10 Å². The summed E-state index contributed by atoms with van der Waals surface area (Å²) in [5.74, 6) is 1.26. The lowest BCUT2D eigenvalue weighted by molar-refractivity contribution is 0.0850. The molecule has 1 unspecified atom stereocenters. The van der Waals surface area contributed by atoms with Crippen LogP contribution in [-0.2, 0) is 6.54 Å². The number of benzene rings is 3. The van der Waals surface area contributed by atoms with Crippen molar-refractivity contribution in [1.29, 1.82) is 0 Å². The van der Waals surface area contributed by atoms with Gasteiger partial charge in [-0.25, -0.2) is 0 Å². The van der Waals surface area contributed by atoms with Crippen molar-refractivity contribution in [2.45, 2.75) is 12.6 Å². The summed E-state index contributed by atoms with van der Waals surface area (Å²) in [6, 6.07) is 23.5. The van der Waals surface area contributed by atoms with Crippen molar-refractivity contribution in [2.24, 2.45) is 0 Å². The lowest BCUT2D eigenvalue weighted by Crippen LogP contribution is -2.24. The van der Waals surface area contributed by atoms with Crippen LogP contribution >= 0.6 is 0 Å². The average Bonchev–Trinajstić information content (AvgIpc) is 3.15. The monoisotopic (exact) mass is 346 g/mol. The van der Waals surface area contributed by atoms with Crippen molar-refractivity contribution >= 4 is 10.8 Å². The Hall–Kier alpha value is -3.25. The summed E-state index contributed by atoms with van der Waals surface area (Å²) in [5, 5.41) is 24.8. The van der Waals surface area contributed by atoms with E-state index in [9.17, 15) is 5.11 Å². The van der Waals surface area contributed by atoms with E-state index in [-0.39, 0.29) is 13.2 Å². The molecule has 0 spiro atoms. The molecule has 0 bridgehead atoms. The molecule has 4 rings (SSSR count). The zero-order valence-electron chi connectivity index (χ0n) is 14.1. The fraction of sp³-hybridized carbons (Fsp3) is 0.150. The van der Waals surface area contributed by atoms with Crippen LogP contribution in [0.25, 0.3) is 22.2 Å². The predicted octanol–water partition coefficient (Wildman–Crippen LogP) is 2.93. The normalized spacial score (nSPS) is 12.2. The molecule has 6 nitrogen and oxygen atoms in total. The van der Waals surface area contributed by atoms with Crippen LogP contribution in [0.4, 0.5) is 0 Å². The Bertz CT molecular complexity index is 1000. The molecule has 0 radical (unpaired) electrons. The molecule has 0 saturated carbocycles. The topological polar surface area (TPSA) is 73.1 Å². The van der Waals surface area contributed by atoms with Crippen LogP contribution in [0.1, 0.15) is 0 Å². The summed E-state index contributed by atoms with van der Waals surface area (Å²) in [6.07, 6.45) is -0.737. The van der Waals surface area contributed by atoms with Crippen LogP contribution in [0.2, 0.25) is 0 Å². The van der Waals surface area contributed by atoms with E-state index in [1.54, 1.807) is 0 Å². The highest BCUT2D eigenvalue weighted by atomic mass is 16.5. The maximum absolute atomic E-state index is 10.2. The van der Waals surface area contributed by atoms with Crippen molar-refractivity contribution in [3.05, 3.63) is 72.8 Å². The van der Waals surface area contributed by atoms with Gasteiger partial charge in [-0.05, 0) is 28.1 Å². The number of aliphatic hydroxyl groups is 1. The number of rotatable bonds is 6. The number of aliphatic hydroxyl groups excluding tert-OH is 1. The zero-order chi connectivity index (χ0) is 17.8. The molecule has 26 heavy (non-hydrogen) atoms. The molecule has 0 aliphatic heterocycles. The van der Waals surface area contributed by atoms with E-state index in [2.05, 4.69) is 21.5 Å². The molecular formula is C20H18N4O2. The summed E-state index contributed by atoms with van der Waals surface area (Å²) >= 11 is 0. The third-order valence-electron chi connectivity index (χ3n) is 4.02. The van der Waals surface area contributed by atoms with Crippen LogP contribution < -0.4 is 4.74 Å². The van der Waals surface area contributed by atoms with Crippen LogP contribution in [0, 0.1) is 0 Å². The number of nitrogens with zero attached hydrogens (tertiary/aromatic N) is 4. The van der Waals surface area contributed by atoms with Crippen molar-refractivity contribution in [3.8, 4) is 17.1 Å². The Morgan fingerprint density at radius 1 is 0.923 bits per heavy atom. The number of hydrogen-bond donors (Lipinski definition) is 1. The molecule has 0 aliphatic carbocycles. The molecule has 1 heterocycles. The Morgan fingerprint density at radius 2 is 1.69 bits per heavy atom. The van der Waals surface area contributed by atoms with E-state index in [0.29, 0.717) is 5.82 Å². The number of ether oxygens (including phenoxy) is 1. The Kier molecular flexibility index (Phi) is 4.57. The third-order valence-corrected chi connectivity index (χ3v) is 4.02.